The predicted octanol–water partition coefficient (Wildman–Crippen LogP) is 2.79. The Labute approximate surface area is 130 Å². The summed E-state index contributed by atoms with van der Waals surface area (Å²) in [4.78, 5) is 20.3. The first-order valence-corrected chi connectivity index (χ1v) is 7.53. The predicted molar refractivity (Wildman–Crippen MR) is 80.9 cm³/mol. The van der Waals surface area contributed by atoms with Gasteiger partial charge in [0.2, 0.25) is 5.92 Å². The fraction of sp³-hybridized carbons (Fsp3) is 0.625. The average Bonchev–Trinajstić information content (AvgIpc) is 2.46. The number of halogens is 2. The summed E-state index contributed by atoms with van der Waals surface area (Å²) in [6.45, 7) is 0.710. The highest BCUT2D eigenvalue weighted by Crippen LogP contribution is 2.35. The van der Waals surface area contributed by atoms with Crippen LogP contribution in [0.1, 0.15) is 41.7 Å². The molecule has 22 heavy (non-hydrogen) atoms. The van der Waals surface area contributed by atoms with Gasteiger partial charge in [0, 0.05) is 38.7 Å². The number of hydrogen-bond donors (Lipinski definition) is 0. The molecule has 0 saturated heterocycles. The SMILES string of the molecule is CN(C)Cc1ccc(C(=O)N(C)C2CCC(F)(F)CC2)cn1. The molecular formula is C16H23F2N3O. The van der Waals surface area contributed by atoms with Gasteiger partial charge < -0.3 is 9.80 Å². The minimum atomic E-state index is -2.57. The molecule has 1 aromatic rings. The van der Waals surface area contributed by atoms with E-state index in [0.717, 1.165) is 5.69 Å². The van der Waals surface area contributed by atoms with Crippen LogP contribution in [0.4, 0.5) is 8.78 Å². The van der Waals surface area contributed by atoms with Crippen molar-refractivity contribution >= 4 is 5.91 Å². The molecule has 0 aromatic carbocycles. The van der Waals surface area contributed by atoms with E-state index in [9.17, 15) is 13.6 Å². The summed E-state index contributed by atoms with van der Waals surface area (Å²) < 4.78 is 26.4. The monoisotopic (exact) mass is 311 g/mol. The van der Waals surface area contributed by atoms with E-state index < -0.39 is 5.92 Å². The summed E-state index contributed by atoms with van der Waals surface area (Å²) in [5, 5.41) is 0. The number of rotatable bonds is 4. The summed E-state index contributed by atoms with van der Waals surface area (Å²) in [6, 6.07) is 3.46. The van der Waals surface area contributed by atoms with Crippen molar-refractivity contribution in [2.45, 2.75) is 44.2 Å². The largest absolute Gasteiger partial charge is 0.339 e. The minimum absolute atomic E-state index is 0.117. The molecule has 0 spiro atoms. The lowest BCUT2D eigenvalue weighted by atomic mass is 9.91. The maximum absolute atomic E-state index is 13.2. The van der Waals surface area contributed by atoms with E-state index >= 15 is 0 Å². The third kappa shape index (κ3) is 4.22. The first-order chi connectivity index (χ1) is 10.3. The van der Waals surface area contributed by atoms with Crippen molar-refractivity contribution in [3.8, 4) is 0 Å². The number of nitrogens with zero attached hydrogens (tertiary/aromatic N) is 3. The van der Waals surface area contributed by atoms with E-state index in [2.05, 4.69) is 4.98 Å². The first-order valence-electron chi connectivity index (χ1n) is 7.53. The second-order valence-corrected chi connectivity index (χ2v) is 6.28. The highest BCUT2D eigenvalue weighted by atomic mass is 19.3. The molecule has 6 heteroatoms. The summed E-state index contributed by atoms with van der Waals surface area (Å²) >= 11 is 0. The number of alkyl halides is 2. The van der Waals surface area contributed by atoms with Gasteiger partial charge in [-0.3, -0.25) is 9.78 Å². The van der Waals surface area contributed by atoms with E-state index in [1.54, 1.807) is 24.2 Å². The number of pyridine rings is 1. The van der Waals surface area contributed by atoms with Crippen LogP contribution in [0.15, 0.2) is 18.3 Å². The Balaban J connectivity index is 1.98. The van der Waals surface area contributed by atoms with Crippen molar-refractivity contribution in [1.82, 2.24) is 14.8 Å². The van der Waals surface area contributed by atoms with Gasteiger partial charge in [-0.05, 0) is 39.1 Å². The Morgan fingerprint density at radius 1 is 1.27 bits per heavy atom. The van der Waals surface area contributed by atoms with Crippen LogP contribution in [0.3, 0.4) is 0 Å². The number of carbonyl (C=O) groups is 1. The maximum Gasteiger partial charge on any atom is 0.255 e. The fourth-order valence-electron chi connectivity index (χ4n) is 2.75. The summed E-state index contributed by atoms with van der Waals surface area (Å²) in [7, 11) is 5.59. The van der Waals surface area contributed by atoms with Gasteiger partial charge in [0.05, 0.1) is 11.3 Å². The zero-order chi connectivity index (χ0) is 16.3. The molecule has 1 saturated carbocycles. The van der Waals surface area contributed by atoms with Crippen LogP contribution in [0, 0.1) is 0 Å². The molecule has 1 amide bonds. The van der Waals surface area contributed by atoms with Crippen LogP contribution in [0.25, 0.3) is 0 Å². The molecule has 1 heterocycles. The molecule has 2 rings (SSSR count). The van der Waals surface area contributed by atoms with Gasteiger partial charge in [0.1, 0.15) is 0 Å². The Morgan fingerprint density at radius 2 is 1.91 bits per heavy atom. The molecule has 1 aliphatic carbocycles. The molecule has 0 bridgehead atoms. The molecule has 122 valence electrons. The van der Waals surface area contributed by atoms with Crippen LogP contribution in [-0.2, 0) is 6.54 Å². The van der Waals surface area contributed by atoms with Gasteiger partial charge in [-0.25, -0.2) is 8.78 Å². The normalized spacial score (nSPS) is 18.5. The lowest BCUT2D eigenvalue weighted by Crippen LogP contribution is -2.41. The van der Waals surface area contributed by atoms with Gasteiger partial charge in [-0.15, -0.1) is 0 Å². The highest BCUT2D eigenvalue weighted by molar-refractivity contribution is 5.93. The molecule has 0 atom stereocenters. The van der Waals surface area contributed by atoms with Crippen molar-refractivity contribution in [3.63, 3.8) is 0 Å². The lowest BCUT2D eigenvalue weighted by molar-refractivity contribution is -0.0490. The Hall–Kier alpha value is -1.56. The van der Waals surface area contributed by atoms with Crippen molar-refractivity contribution in [1.29, 1.82) is 0 Å². The molecule has 0 radical (unpaired) electrons. The molecule has 0 N–H and O–H groups in total. The molecule has 0 unspecified atom stereocenters. The van der Waals surface area contributed by atoms with Gasteiger partial charge >= 0.3 is 0 Å². The summed E-state index contributed by atoms with van der Waals surface area (Å²) in [5.41, 5.74) is 1.39. The van der Waals surface area contributed by atoms with Crippen LogP contribution < -0.4 is 0 Å². The second kappa shape index (κ2) is 6.69. The third-order valence-electron chi connectivity index (χ3n) is 4.10. The molecular weight excluding hydrogens is 288 g/mol. The van der Waals surface area contributed by atoms with Crippen molar-refractivity contribution in [2.24, 2.45) is 0 Å². The molecule has 4 nitrogen and oxygen atoms in total. The van der Waals surface area contributed by atoms with Crippen molar-refractivity contribution < 1.29 is 13.6 Å². The Morgan fingerprint density at radius 3 is 2.41 bits per heavy atom. The van der Waals surface area contributed by atoms with Crippen LogP contribution in [-0.4, -0.2) is 53.8 Å². The zero-order valence-corrected chi connectivity index (χ0v) is 13.4. The van der Waals surface area contributed by atoms with Crippen LogP contribution in [0.5, 0.6) is 0 Å². The summed E-state index contributed by atoms with van der Waals surface area (Å²) in [5.74, 6) is -2.73. The lowest BCUT2D eigenvalue weighted by Gasteiger charge is -2.34. The van der Waals surface area contributed by atoms with Crippen molar-refractivity contribution in [2.75, 3.05) is 21.1 Å². The highest BCUT2D eigenvalue weighted by Gasteiger charge is 2.37. The minimum Gasteiger partial charge on any atom is -0.339 e. The third-order valence-corrected chi connectivity index (χ3v) is 4.10. The zero-order valence-electron chi connectivity index (χ0n) is 13.4. The van der Waals surface area contributed by atoms with Gasteiger partial charge in [0.15, 0.2) is 0 Å². The smallest absolute Gasteiger partial charge is 0.255 e. The van der Waals surface area contributed by atoms with E-state index in [1.165, 1.54) is 0 Å². The van der Waals surface area contributed by atoms with Gasteiger partial charge in [-0.1, -0.05) is 0 Å². The van der Waals surface area contributed by atoms with Gasteiger partial charge in [-0.2, -0.15) is 0 Å². The van der Waals surface area contributed by atoms with E-state index in [4.69, 9.17) is 0 Å². The number of carbonyl (C=O) groups excluding carboxylic acids is 1. The van der Waals surface area contributed by atoms with Crippen LogP contribution in [0.2, 0.25) is 0 Å². The van der Waals surface area contributed by atoms with E-state index in [0.29, 0.717) is 24.9 Å². The second-order valence-electron chi connectivity index (χ2n) is 6.28. The topological polar surface area (TPSA) is 36.4 Å². The molecule has 0 aliphatic heterocycles. The van der Waals surface area contributed by atoms with Crippen LogP contribution >= 0.6 is 0 Å². The standard InChI is InChI=1S/C16H23F2N3O/c1-20(2)11-13-5-4-12(10-19-13)15(22)21(3)14-6-8-16(17,18)9-7-14/h4-5,10,14H,6-9,11H2,1-3H3. The number of hydrogen-bond acceptors (Lipinski definition) is 3. The Bertz CT molecular complexity index is 507. The summed E-state index contributed by atoms with van der Waals surface area (Å²) in [6.07, 6.45) is 1.97. The van der Waals surface area contributed by atoms with Crippen molar-refractivity contribution in [3.05, 3.63) is 29.6 Å². The Kier molecular flexibility index (Phi) is 5.11. The average molecular weight is 311 g/mol. The van der Waals surface area contributed by atoms with E-state index in [-0.39, 0.29) is 24.8 Å². The number of aromatic nitrogens is 1. The maximum atomic E-state index is 13.2. The number of amides is 1. The first kappa shape index (κ1) is 16.8. The van der Waals surface area contributed by atoms with Gasteiger partial charge in [0.25, 0.3) is 5.91 Å². The fourth-order valence-corrected chi connectivity index (χ4v) is 2.75. The molecule has 1 aromatic heterocycles. The molecule has 1 fully saturated rings. The van der Waals surface area contributed by atoms with E-state index in [1.807, 2.05) is 25.1 Å². The molecule has 1 aliphatic rings. The quantitative estimate of drug-likeness (QED) is 0.858.